The van der Waals surface area contributed by atoms with Crippen molar-refractivity contribution in [1.29, 1.82) is 0 Å². The van der Waals surface area contributed by atoms with E-state index in [1.165, 1.54) is 6.07 Å². The van der Waals surface area contributed by atoms with E-state index < -0.39 is 16.3 Å². The summed E-state index contributed by atoms with van der Waals surface area (Å²) in [5, 5.41) is 13.4. The second kappa shape index (κ2) is 5.54. The lowest BCUT2D eigenvalue weighted by Crippen LogP contribution is -2.29. The molecular weight excluding hydrogens is 245 g/mol. The van der Waals surface area contributed by atoms with Gasteiger partial charge in [0.2, 0.25) is 6.54 Å². The number of benzene rings is 1. The number of carbonyl (C=O) groups is 1. The fourth-order valence-electron chi connectivity index (χ4n) is 1.73. The molecule has 0 aromatic heterocycles. The highest BCUT2D eigenvalue weighted by atomic mass is 19.3. The van der Waals surface area contributed by atoms with Gasteiger partial charge in [-0.2, -0.15) is 0 Å². The third kappa shape index (κ3) is 3.24. The van der Waals surface area contributed by atoms with Gasteiger partial charge < -0.3 is 0 Å². The summed E-state index contributed by atoms with van der Waals surface area (Å²) in [5.74, 6) is -1.04. The number of hydrogen-bond donors (Lipinski definition) is 0. The zero-order valence-electron chi connectivity index (χ0n) is 9.88. The standard InChI is InChI=1S/C11H12FNO5/c1-11(2,7-13(15)16)9-6-4-3-5-8(9)10(14)17-18-12/h3-6H,7H2,1-2H3. The summed E-state index contributed by atoms with van der Waals surface area (Å²) in [6.45, 7) is 2.85. The average molecular weight is 257 g/mol. The zero-order chi connectivity index (χ0) is 13.8. The quantitative estimate of drug-likeness (QED) is 0.459. The Morgan fingerprint density at radius 1 is 1.44 bits per heavy atom. The summed E-state index contributed by atoms with van der Waals surface area (Å²) in [6.07, 6.45) is 0. The second-order valence-electron chi connectivity index (χ2n) is 4.35. The van der Waals surface area contributed by atoms with Gasteiger partial charge in [0.25, 0.3) is 0 Å². The first-order valence-electron chi connectivity index (χ1n) is 5.09. The van der Waals surface area contributed by atoms with Crippen molar-refractivity contribution in [2.24, 2.45) is 0 Å². The van der Waals surface area contributed by atoms with Crippen LogP contribution in [0.2, 0.25) is 0 Å². The van der Waals surface area contributed by atoms with Crippen LogP contribution in [0.15, 0.2) is 24.3 Å². The Morgan fingerprint density at radius 2 is 2.06 bits per heavy atom. The maximum absolute atomic E-state index is 11.5. The number of carbonyl (C=O) groups excluding carboxylic acids is 1. The number of hydrogen-bond acceptors (Lipinski definition) is 5. The van der Waals surface area contributed by atoms with Gasteiger partial charge in [-0.1, -0.05) is 18.2 Å². The summed E-state index contributed by atoms with van der Waals surface area (Å²) in [4.78, 5) is 25.4. The lowest BCUT2D eigenvalue weighted by Gasteiger charge is -2.22. The molecule has 0 unspecified atom stereocenters. The first kappa shape index (κ1) is 14.0. The van der Waals surface area contributed by atoms with Crippen molar-refractivity contribution in [3.8, 4) is 0 Å². The van der Waals surface area contributed by atoms with Crippen molar-refractivity contribution >= 4 is 5.97 Å². The molecule has 0 fully saturated rings. The predicted octanol–water partition coefficient (Wildman–Crippen LogP) is 2.21. The van der Waals surface area contributed by atoms with Gasteiger partial charge in [-0.25, -0.2) is 4.79 Å². The lowest BCUT2D eigenvalue weighted by atomic mass is 9.82. The molecule has 1 aromatic carbocycles. The normalized spacial score (nSPS) is 11.1. The van der Waals surface area contributed by atoms with E-state index in [1.807, 2.05) is 0 Å². The molecule has 7 heteroatoms. The number of nitrogens with zero attached hydrogens (tertiary/aromatic N) is 1. The Labute approximate surface area is 102 Å². The van der Waals surface area contributed by atoms with Crippen LogP contribution in [-0.2, 0) is 15.4 Å². The Kier molecular flexibility index (Phi) is 4.33. The molecular formula is C11H12FNO5. The van der Waals surface area contributed by atoms with Crippen molar-refractivity contribution in [2.45, 2.75) is 19.3 Å². The number of rotatable bonds is 5. The van der Waals surface area contributed by atoms with Crippen molar-refractivity contribution in [3.05, 3.63) is 45.5 Å². The summed E-state index contributed by atoms with van der Waals surface area (Å²) in [6, 6.07) is 6.11. The fraction of sp³-hybridized carbons (Fsp3) is 0.364. The van der Waals surface area contributed by atoms with Gasteiger partial charge in [-0.05, 0) is 30.0 Å². The molecule has 0 saturated heterocycles. The Hall–Kier alpha value is -2.02. The maximum Gasteiger partial charge on any atom is 0.376 e. The molecule has 0 atom stereocenters. The molecule has 0 heterocycles. The van der Waals surface area contributed by atoms with Gasteiger partial charge in [-0.3, -0.25) is 15.0 Å². The van der Waals surface area contributed by atoms with Crippen LogP contribution in [0.25, 0.3) is 0 Å². The van der Waals surface area contributed by atoms with E-state index in [4.69, 9.17) is 0 Å². The molecule has 0 spiro atoms. The van der Waals surface area contributed by atoms with E-state index in [-0.39, 0.29) is 12.1 Å². The van der Waals surface area contributed by atoms with Crippen molar-refractivity contribution < 1.29 is 24.2 Å². The maximum atomic E-state index is 11.5. The van der Waals surface area contributed by atoms with Crippen LogP contribution in [0.3, 0.4) is 0 Å². The molecule has 18 heavy (non-hydrogen) atoms. The molecule has 0 aliphatic carbocycles. The average Bonchev–Trinajstić information content (AvgIpc) is 2.27. The Morgan fingerprint density at radius 3 is 2.61 bits per heavy atom. The highest BCUT2D eigenvalue weighted by molar-refractivity contribution is 5.91. The molecule has 98 valence electrons. The molecule has 1 aromatic rings. The minimum absolute atomic E-state index is 0.0296. The van der Waals surface area contributed by atoms with E-state index >= 15 is 0 Å². The van der Waals surface area contributed by atoms with E-state index in [0.717, 1.165) is 0 Å². The van der Waals surface area contributed by atoms with Crippen LogP contribution in [0, 0.1) is 10.1 Å². The Bertz CT molecular complexity index is 461. The molecule has 0 amide bonds. The van der Waals surface area contributed by atoms with Gasteiger partial charge in [-0.15, -0.1) is 0 Å². The van der Waals surface area contributed by atoms with Crippen LogP contribution in [0.4, 0.5) is 4.53 Å². The fourth-order valence-corrected chi connectivity index (χ4v) is 1.73. The summed E-state index contributed by atoms with van der Waals surface area (Å²) >= 11 is 0. The second-order valence-corrected chi connectivity index (χ2v) is 4.35. The van der Waals surface area contributed by atoms with Crippen LogP contribution in [0.1, 0.15) is 29.8 Å². The topological polar surface area (TPSA) is 78.7 Å². The smallest absolute Gasteiger partial charge is 0.265 e. The van der Waals surface area contributed by atoms with E-state index in [1.54, 1.807) is 32.0 Å². The van der Waals surface area contributed by atoms with Crippen molar-refractivity contribution in [2.75, 3.05) is 6.54 Å². The van der Waals surface area contributed by atoms with Gasteiger partial charge in [0.15, 0.2) is 0 Å². The minimum Gasteiger partial charge on any atom is -0.265 e. The van der Waals surface area contributed by atoms with Crippen LogP contribution >= 0.6 is 0 Å². The molecule has 0 bridgehead atoms. The largest absolute Gasteiger partial charge is 0.376 e. The molecule has 0 radical (unpaired) electrons. The molecule has 0 aliphatic rings. The molecule has 0 N–H and O–H groups in total. The highest BCUT2D eigenvalue weighted by Crippen LogP contribution is 2.27. The summed E-state index contributed by atoms with van der Waals surface area (Å²) in [7, 11) is 0. The zero-order valence-corrected chi connectivity index (χ0v) is 9.88. The van der Waals surface area contributed by atoms with Crippen molar-refractivity contribution in [3.63, 3.8) is 0 Å². The van der Waals surface area contributed by atoms with Gasteiger partial charge in [0, 0.05) is 10.0 Å². The number of nitro groups is 1. The SMILES string of the molecule is CC(C)(C[N+](=O)[O-])c1ccccc1C(=O)OOF. The molecule has 1 rings (SSSR count). The van der Waals surface area contributed by atoms with Crippen LogP contribution < -0.4 is 0 Å². The third-order valence-electron chi connectivity index (χ3n) is 2.51. The third-order valence-corrected chi connectivity index (χ3v) is 2.51. The lowest BCUT2D eigenvalue weighted by molar-refractivity contribution is -0.489. The van der Waals surface area contributed by atoms with Crippen molar-refractivity contribution in [1.82, 2.24) is 0 Å². The van der Waals surface area contributed by atoms with E-state index in [9.17, 15) is 19.4 Å². The van der Waals surface area contributed by atoms with E-state index in [2.05, 4.69) is 9.98 Å². The number of halogens is 1. The van der Waals surface area contributed by atoms with Crippen LogP contribution in [-0.4, -0.2) is 17.4 Å². The summed E-state index contributed by atoms with van der Waals surface area (Å²) in [5.41, 5.74) is -0.471. The first-order chi connectivity index (χ1) is 8.38. The predicted molar refractivity (Wildman–Crippen MR) is 58.9 cm³/mol. The Balaban J connectivity index is 3.16. The van der Waals surface area contributed by atoms with E-state index in [0.29, 0.717) is 5.56 Å². The molecule has 0 aliphatic heterocycles. The summed E-state index contributed by atoms with van der Waals surface area (Å²) < 4.78 is 11.5. The monoisotopic (exact) mass is 257 g/mol. The highest BCUT2D eigenvalue weighted by Gasteiger charge is 2.31. The molecule has 0 saturated carbocycles. The van der Waals surface area contributed by atoms with Gasteiger partial charge in [0.1, 0.15) is 0 Å². The van der Waals surface area contributed by atoms with Crippen LogP contribution in [0.5, 0.6) is 0 Å². The molecule has 6 nitrogen and oxygen atoms in total. The first-order valence-corrected chi connectivity index (χ1v) is 5.09. The minimum atomic E-state index is -1.04. The van der Waals surface area contributed by atoms with Gasteiger partial charge in [0.05, 0.1) is 11.0 Å². The van der Waals surface area contributed by atoms with Gasteiger partial charge >= 0.3 is 5.97 Å².